The minimum absolute atomic E-state index is 0.199. The lowest BCUT2D eigenvalue weighted by atomic mass is 10.0. The van der Waals surface area contributed by atoms with Crippen molar-refractivity contribution < 1.29 is 18.7 Å². The zero-order valence-corrected chi connectivity index (χ0v) is 18.9. The summed E-state index contributed by atoms with van der Waals surface area (Å²) in [7, 11) is 0. The number of aryl methyl sites for hydroxylation is 1. The number of rotatable bonds is 10. The van der Waals surface area contributed by atoms with Gasteiger partial charge in [-0.15, -0.1) is 5.10 Å². The van der Waals surface area contributed by atoms with E-state index >= 15 is 0 Å². The van der Waals surface area contributed by atoms with Crippen LogP contribution in [-0.4, -0.2) is 53.1 Å². The van der Waals surface area contributed by atoms with E-state index in [1.54, 1.807) is 18.3 Å². The number of carbonyl (C=O) groups is 2. The van der Waals surface area contributed by atoms with Crippen LogP contribution in [0.1, 0.15) is 24.6 Å². The highest BCUT2D eigenvalue weighted by Gasteiger charge is 2.32. The number of nitrogens with zero attached hydrogens (tertiary/aromatic N) is 3. The summed E-state index contributed by atoms with van der Waals surface area (Å²) in [6, 6.07) is 12.4. The molecule has 178 valence electrons. The van der Waals surface area contributed by atoms with Gasteiger partial charge in [-0.3, -0.25) is 14.8 Å². The summed E-state index contributed by atoms with van der Waals surface area (Å²) in [5.74, 6) is -0.621. The number of anilines is 1. The maximum absolute atomic E-state index is 14.9. The van der Waals surface area contributed by atoms with E-state index in [4.69, 9.17) is 4.74 Å². The highest BCUT2D eigenvalue weighted by atomic mass is 19.1. The molecule has 2 aromatic carbocycles. The number of aromatic amines is 1. The molecule has 1 fully saturated rings. The summed E-state index contributed by atoms with van der Waals surface area (Å²) in [6.07, 6.45) is 2.56. The molecule has 1 aliphatic rings. The van der Waals surface area contributed by atoms with Gasteiger partial charge in [0.05, 0.1) is 30.7 Å². The number of H-pyrrole nitrogens is 1. The van der Waals surface area contributed by atoms with Gasteiger partial charge in [0.1, 0.15) is 11.9 Å². The van der Waals surface area contributed by atoms with Crippen LogP contribution < -0.4 is 15.5 Å². The van der Waals surface area contributed by atoms with Crippen LogP contribution in [-0.2, 0) is 22.5 Å². The quantitative estimate of drug-likeness (QED) is 0.396. The van der Waals surface area contributed by atoms with Crippen molar-refractivity contribution in [2.75, 3.05) is 24.5 Å². The van der Waals surface area contributed by atoms with Gasteiger partial charge in [0.25, 0.3) is 0 Å². The molecule has 10 heteroatoms. The highest BCUT2D eigenvalue weighted by molar-refractivity contribution is 5.90. The number of benzene rings is 2. The molecule has 34 heavy (non-hydrogen) atoms. The molecule has 0 saturated carbocycles. The minimum Gasteiger partial charge on any atom is -0.442 e. The maximum Gasteiger partial charge on any atom is 0.414 e. The Labute approximate surface area is 196 Å². The summed E-state index contributed by atoms with van der Waals surface area (Å²) in [5, 5.41) is 16.3. The summed E-state index contributed by atoms with van der Waals surface area (Å²) in [5.41, 5.74) is 3.76. The van der Waals surface area contributed by atoms with Crippen LogP contribution in [0.4, 0.5) is 14.9 Å². The van der Waals surface area contributed by atoms with E-state index in [9.17, 15) is 14.0 Å². The Morgan fingerprint density at radius 1 is 1.26 bits per heavy atom. The zero-order valence-electron chi connectivity index (χ0n) is 18.9. The van der Waals surface area contributed by atoms with E-state index in [0.717, 1.165) is 42.8 Å². The van der Waals surface area contributed by atoms with Crippen molar-refractivity contribution in [3.05, 3.63) is 65.7 Å². The summed E-state index contributed by atoms with van der Waals surface area (Å²) in [4.78, 5) is 24.6. The van der Waals surface area contributed by atoms with Gasteiger partial charge >= 0.3 is 6.09 Å². The van der Waals surface area contributed by atoms with Crippen LogP contribution in [0.15, 0.2) is 48.7 Å². The van der Waals surface area contributed by atoms with Crippen molar-refractivity contribution in [1.82, 2.24) is 26.0 Å². The van der Waals surface area contributed by atoms with E-state index in [1.807, 2.05) is 24.3 Å². The maximum atomic E-state index is 14.9. The van der Waals surface area contributed by atoms with E-state index in [0.29, 0.717) is 11.3 Å². The molecule has 0 bridgehead atoms. The number of hydrogen-bond donors (Lipinski definition) is 3. The average molecular weight is 467 g/mol. The number of amides is 2. The van der Waals surface area contributed by atoms with Crippen molar-refractivity contribution in [2.45, 2.75) is 32.4 Å². The first-order chi connectivity index (χ1) is 16.5. The Kier molecular flexibility index (Phi) is 7.48. The third kappa shape index (κ3) is 5.96. The van der Waals surface area contributed by atoms with Crippen LogP contribution in [0.2, 0.25) is 0 Å². The van der Waals surface area contributed by atoms with Crippen molar-refractivity contribution in [3.8, 4) is 11.1 Å². The minimum atomic E-state index is -0.555. The molecule has 0 radical (unpaired) electrons. The molecule has 1 aliphatic heterocycles. The van der Waals surface area contributed by atoms with Crippen molar-refractivity contribution in [2.24, 2.45) is 0 Å². The van der Waals surface area contributed by atoms with Gasteiger partial charge in [0.2, 0.25) is 5.91 Å². The van der Waals surface area contributed by atoms with Crippen LogP contribution in [0, 0.1) is 5.82 Å². The molecular weight excluding hydrogens is 439 g/mol. The molecule has 1 saturated heterocycles. The van der Waals surface area contributed by atoms with Crippen molar-refractivity contribution in [3.63, 3.8) is 0 Å². The predicted molar refractivity (Wildman–Crippen MR) is 125 cm³/mol. The van der Waals surface area contributed by atoms with Crippen LogP contribution in [0.3, 0.4) is 0 Å². The first-order valence-corrected chi connectivity index (χ1v) is 11.2. The zero-order chi connectivity index (χ0) is 23.9. The van der Waals surface area contributed by atoms with Gasteiger partial charge < -0.3 is 15.4 Å². The lowest BCUT2D eigenvalue weighted by Gasteiger charge is -2.15. The second kappa shape index (κ2) is 10.9. The van der Waals surface area contributed by atoms with E-state index < -0.39 is 18.0 Å². The van der Waals surface area contributed by atoms with Crippen molar-refractivity contribution >= 4 is 17.7 Å². The van der Waals surface area contributed by atoms with Gasteiger partial charge in [-0.25, -0.2) is 9.18 Å². The number of carbonyl (C=O) groups excluding carboxylic acids is 2. The van der Waals surface area contributed by atoms with Crippen molar-refractivity contribution in [1.29, 1.82) is 0 Å². The van der Waals surface area contributed by atoms with Crippen LogP contribution in [0.5, 0.6) is 0 Å². The number of ether oxygens (including phenoxy) is 1. The SMILES string of the molecule is CC(=O)NC[C@H]1CN(c2ccc(-c3ccc(CNCCCc4cnn[nH]4)cc3)c(F)c2)C(=O)O1. The highest BCUT2D eigenvalue weighted by Crippen LogP contribution is 2.29. The molecule has 4 rings (SSSR count). The molecule has 3 N–H and O–H groups in total. The normalized spacial score (nSPS) is 15.4. The summed E-state index contributed by atoms with van der Waals surface area (Å²) >= 11 is 0. The fourth-order valence-electron chi connectivity index (χ4n) is 3.78. The summed E-state index contributed by atoms with van der Waals surface area (Å²) in [6.45, 7) is 3.45. The topological polar surface area (TPSA) is 112 Å². The first kappa shape index (κ1) is 23.4. The molecule has 2 heterocycles. The standard InChI is InChI=1S/C24H27FN6O3/c1-16(32)27-14-21-15-31(24(33)34-21)20-8-9-22(23(25)11-20)18-6-4-17(5-7-18)12-26-10-2-3-19-13-28-30-29-19/h4-9,11,13,21,26H,2-3,10,12,14-15H2,1H3,(H,27,32)(H,28,29,30)/t21-/m0/s1. The Morgan fingerprint density at radius 2 is 2.09 bits per heavy atom. The Morgan fingerprint density at radius 3 is 2.79 bits per heavy atom. The van der Waals surface area contributed by atoms with Crippen LogP contribution >= 0.6 is 0 Å². The van der Waals surface area contributed by atoms with Gasteiger partial charge in [0.15, 0.2) is 0 Å². The molecule has 9 nitrogen and oxygen atoms in total. The molecule has 1 aromatic heterocycles. The number of halogens is 1. The first-order valence-electron chi connectivity index (χ1n) is 11.2. The van der Waals surface area contributed by atoms with Gasteiger partial charge in [-0.1, -0.05) is 29.5 Å². The number of nitrogens with one attached hydrogen (secondary N) is 3. The fraction of sp³-hybridized carbons (Fsp3) is 0.333. The Bertz CT molecular complexity index is 1120. The van der Waals surface area contributed by atoms with E-state index in [1.165, 1.54) is 17.9 Å². The second-order valence-corrected chi connectivity index (χ2v) is 8.18. The van der Waals surface area contributed by atoms with E-state index in [-0.39, 0.29) is 19.0 Å². The summed E-state index contributed by atoms with van der Waals surface area (Å²) < 4.78 is 20.2. The fourth-order valence-corrected chi connectivity index (χ4v) is 3.78. The molecule has 3 aromatic rings. The average Bonchev–Trinajstić information content (AvgIpc) is 3.47. The molecule has 1 atom stereocenters. The smallest absolute Gasteiger partial charge is 0.414 e. The third-order valence-electron chi connectivity index (χ3n) is 5.58. The number of aromatic nitrogens is 3. The molecular formula is C24H27FN6O3. The molecule has 0 unspecified atom stereocenters. The van der Waals surface area contributed by atoms with E-state index in [2.05, 4.69) is 26.0 Å². The number of cyclic esters (lactones) is 1. The lowest BCUT2D eigenvalue weighted by Crippen LogP contribution is -2.33. The molecule has 2 amide bonds. The Hall–Kier alpha value is -3.79. The molecule has 0 spiro atoms. The monoisotopic (exact) mass is 466 g/mol. The van der Waals surface area contributed by atoms with Gasteiger partial charge in [-0.2, -0.15) is 0 Å². The van der Waals surface area contributed by atoms with Crippen LogP contribution in [0.25, 0.3) is 11.1 Å². The third-order valence-corrected chi connectivity index (χ3v) is 5.58. The molecule has 0 aliphatic carbocycles. The predicted octanol–water partition coefficient (Wildman–Crippen LogP) is 2.79. The Balaban J connectivity index is 1.31. The van der Waals surface area contributed by atoms with Gasteiger partial charge in [0, 0.05) is 19.0 Å². The largest absolute Gasteiger partial charge is 0.442 e. The van der Waals surface area contributed by atoms with Gasteiger partial charge in [-0.05, 0) is 48.7 Å². The number of hydrogen-bond acceptors (Lipinski definition) is 6. The lowest BCUT2D eigenvalue weighted by molar-refractivity contribution is -0.119. The second-order valence-electron chi connectivity index (χ2n) is 8.18.